The van der Waals surface area contributed by atoms with E-state index >= 15 is 0 Å². The molecular formula is C10H10N4O. The third kappa shape index (κ3) is 2.27. The molecule has 1 unspecified atom stereocenters. The van der Waals surface area contributed by atoms with Crippen molar-refractivity contribution in [1.29, 1.82) is 0 Å². The maximum atomic E-state index is 8.18. The highest BCUT2D eigenvalue weighted by Gasteiger charge is 2.18. The van der Waals surface area contributed by atoms with Crippen molar-refractivity contribution in [2.24, 2.45) is 10.1 Å². The fraction of sp³-hybridized carbons (Fsp3) is 0.300. The van der Waals surface area contributed by atoms with Crippen LogP contribution in [0.5, 0.6) is 0 Å². The van der Waals surface area contributed by atoms with E-state index in [-0.39, 0.29) is 6.04 Å². The summed E-state index contributed by atoms with van der Waals surface area (Å²) >= 11 is 0. The summed E-state index contributed by atoms with van der Waals surface area (Å²) in [6.07, 6.45) is 0. The topological polar surface area (TPSA) is 70.4 Å². The first-order valence-corrected chi connectivity index (χ1v) is 4.67. The van der Waals surface area contributed by atoms with Gasteiger partial charge in [-0.2, -0.15) is 0 Å². The molecule has 1 aromatic carbocycles. The van der Waals surface area contributed by atoms with E-state index in [1.54, 1.807) is 0 Å². The highest BCUT2D eigenvalue weighted by molar-refractivity contribution is 5.95. The zero-order chi connectivity index (χ0) is 10.5. The average Bonchev–Trinajstić information content (AvgIpc) is 2.76. The van der Waals surface area contributed by atoms with Gasteiger partial charge >= 0.3 is 0 Å². The summed E-state index contributed by atoms with van der Waals surface area (Å²) in [5, 5.41) is 3.48. The number of ether oxygens (including phenoxy) is 1. The third-order valence-electron chi connectivity index (χ3n) is 2.09. The summed E-state index contributed by atoms with van der Waals surface area (Å²) < 4.78 is 5.42. The second-order valence-electron chi connectivity index (χ2n) is 3.18. The Morgan fingerprint density at radius 1 is 1.47 bits per heavy atom. The van der Waals surface area contributed by atoms with Gasteiger partial charge in [-0.15, -0.1) is 0 Å². The Morgan fingerprint density at radius 3 is 3.00 bits per heavy atom. The van der Waals surface area contributed by atoms with Crippen LogP contribution in [0, 0.1) is 0 Å². The minimum Gasteiger partial charge on any atom is -0.475 e. The number of azide groups is 1. The van der Waals surface area contributed by atoms with Crippen LogP contribution in [-0.4, -0.2) is 25.1 Å². The first-order valence-electron chi connectivity index (χ1n) is 4.67. The van der Waals surface area contributed by atoms with E-state index in [0.29, 0.717) is 19.0 Å². The fourth-order valence-electron chi connectivity index (χ4n) is 1.38. The number of benzene rings is 1. The molecule has 1 aromatic rings. The minimum absolute atomic E-state index is 0.0453. The van der Waals surface area contributed by atoms with Crippen molar-refractivity contribution in [1.82, 2.24) is 0 Å². The molecule has 0 radical (unpaired) electrons. The van der Waals surface area contributed by atoms with Gasteiger partial charge in [0.2, 0.25) is 5.90 Å². The lowest BCUT2D eigenvalue weighted by Crippen LogP contribution is -2.09. The Hall–Kier alpha value is -2.00. The van der Waals surface area contributed by atoms with E-state index in [2.05, 4.69) is 15.0 Å². The van der Waals surface area contributed by atoms with Gasteiger partial charge in [0.25, 0.3) is 0 Å². The van der Waals surface area contributed by atoms with Crippen LogP contribution in [0.25, 0.3) is 10.4 Å². The largest absolute Gasteiger partial charge is 0.475 e. The molecule has 1 atom stereocenters. The van der Waals surface area contributed by atoms with Crippen molar-refractivity contribution in [2.45, 2.75) is 6.04 Å². The van der Waals surface area contributed by atoms with Gasteiger partial charge in [-0.25, -0.2) is 4.99 Å². The summed E-state index contributed by atoms with van der Waals surface area (Å²) in [4.78, 5) is 7.02. The van der Waals surface area contributed by atoms with Gasteiger partial charge < -0.3 is 4.74 Å². The minimum atomic E-state index is -0.0453. The lowest BCUT2D eigenvalue weighted by Gasteiger charge is -1.99. The monoisotopic (exact) mass is 202 g/mol. The third-order valence-corrected chi connectivity index (χ3v) is 2.09. The molecular weight excluding hydrogens is 192 g/mol. The molecule has 0 aromatic heterocycles. The Morgan fingerprint density at radius 2 is 2.27 bits per heavy atom. The molecule has 0 fully saturated rings. The van der Waals surface area contributed by atoms with Gasteiger partial charge in [0, 0.05) is 10.5 Å². The fourth-order valence-corrected chi connectivity index (χ4v) is 1.38. The zero-order valence-electron chi connectivity index (χ0n) is 8.08. The van der Waals surface area contributed by atoms with Crippen LogP contribution < -0.4 is 0 Å². The SMILES string of the molecule is [N-]=[N+]=NCC1COC(c2ccccc2)=N1. The average molecular weight is 202 g/mol. The molecule has 0 saturated carbocycles. The van der Waals surface area contributed by atoms with E-state index in [1.165, 1.54) is 0 Å². The number of nitrogens with zero attached hydrogens (tertiary/aromatic N) is 4. The van der Waals surface area contributed by atoms with E-state index < -0.39 is 0 Å². The summed E-state index contributed by atoms with van der Waals surface area (Å²) in [6, 6.07) is 9.64. The summed E-state index contributed by atoms with van der Waals surface area (Å²) in [5.74, 6) is 0.633. The van der Waals surface area contributed by atoms with Crippen LogP contribution >= 0.6 is 0 Å². The van der Waals surface area contributed by atoms with Gasteiger partial charge in [-0.05, 0) is 17.7 Å². The van der Waals surface area contributed by atoms with Crippen molar-refractivity contribution >= 4 is 5.90 Å². The number of rotatable bonds is 3. The van der Waals surface area contributed by atoms with Crippen LogP contribution in [0.15, 0.2) is 40.4 Å². The normalized spacial score (nSPS) is 18.9. The summed E-state index contributed by atoms with van der Waals surface area (Å²) in [6.45, 7) is 0.843. The van der Waals surface area contributed by atoms with E-state index in [1.807, 2.05) is 30.3 Å². The molecule has 1 aliphatic rings. The summed E-state index contributed by atoms with van der Waals surface area (Å²) in [7, 11) is 0. The van der Waals surface area contributed by atoms with Gasteiger partial charge in [-0.1, -0.05) is 23.3 Å². The highest BCUT2D eigenvalue weighted by atomic mass is 16.5. The lowest BCUT2D eigenvalue weighted by molar-refractivity contribution is 0.319. The van der Waals surface area contributed by atoms with Gasteiger partial charge in [-0.3, -0.25) is 0 Å². The van der Waals surface area contributed by atoms with Crippen LogP contribution in [0.3, 0.4) is 0 Å². The quantitative estimate of drug-likeness (QED) is 0.420. The van der Waals surface area contributed by atoms with Crippen LogP contribution in [0.4, 0.5) is 0 Å². The Bertz CT molecular complexity index is 409. The molecule has 0 aliphatic carbocycles. The molecule has 0 N–H and O–H groups in total. The first-order chi connectivity index (χ1) is 7.40. The molecule has 76 valence electrons. The van der Waals surface area contributed by atoms with Crippen molar-refractivity contribution in [3.05, 3.63) is 46.3 Å². The Kier molecular flexibility index (Phi) is 2.85. The predicted molar refractivity (Wildman–Crippen MR) is 56.7 cm³/mol. The number of hydrogen-bond acceptors (Lipinski definition) is 3. The summed E-state index contributed by atoms with van der Waals surface area (Å²) in [5.41, 5.74) is 9.14. The first kappa shape index (κ1) is 9.55. The molecule has 1 heterocycles. The molecule has 15 heavy (non-hydrogen) atoms. The molecule has 0 spiro atoms. The second-order valence-corrected chi connectivity index (χ2v) is 3.18. The van der Waals surface area contributed by atoms with Crippen molar-refractivity contribution < 1.29 is 4.74 Å². The van der Waals surface area contributed by atoms with Crippen molar-refractivity contribution in [3.63, 3.8) is 0 Å². The van der Waals surface area contributed by atoms with Gasteiger partial charge in [0.1, 0.15) is 6.61 Å². The molecule has 1 aliphatic heterocycles. The predicted octanol–water partition coefficient (Wildman–Crippen LogP) is 2.14. The molecule has 0 bridgehead atoms. The zero-order valence-corrected chi connectivity index (χ0v) is 8.08. The highest BCUT2D eigenvalue weighted by Crippen LogP contribution is 2.11. The smallest absolute Gasteiger partial charge is 0.216 e. The number of aliphatic imine (C=N–C) groups is 1. The van der Waals surface area contributed by atoms with Gasteiger partial charge in [0.15, 0.2) is 0 Å². The standard InChI is InChI=1S/C10H10N4O/c11-14-12-6-9-7-15-10(13-9)8-4-2-1-3-5-8/h1-5,9H,6-7H2. The van der Waals surface area contributed by atoms with E-state index in [9.17, 15) is 0 Å². The Balaban J connectivity index is 2.09. The van der Waals surface area contributed by atoms with Crippen molar-refractivity contribution in [2.75, 3.05) is 13.2 Å². The molecule has 0 amide bonds. The molecule has 5 nitrogen and oxygen atoms in total. The van der Waals surface area contributed by atoms with E-state index in [4.69, 9.17) is 10.3 Å². The van der Waals surface area contributed by atoms with Crippen molar-refractivity contribution in [3.8, 4) is 0 Å². The number of hydrogen-bond donors (Lipinski definition) is 0. The van der Waals surface area contributed by atoms with E-state index in [0.717, 1.165) is 5.56 Å². The molecule has 0 saturated heterocycles. The molecule has 2 rings (SSSR count). The van der Waals surface area contributed by atoms with Crippen LogP contribution in [0.2, 0.25) is 0 Å². The van der Waals surface area contributed by atoms with Crippen LogP contribution in [0.1, 0.15) is 5.56 Å². The Labute approximate surface area is 87.0 Å². The maximum Gasteiger partial charge on any atom is 0.216 e. The van der Waals surface area contributed by atoms with Gasteiger partial charge in [0.05, 0.1) is 12.6 Å². The maximum absolute atomic E-state index is 8.18. The van der Waals surface area contributed by atoms with Crippen LogP contribution in [-0.2, 0) is 4.74 Å². The lowest BCUT2D eigenvalue weighted by atomic mass is 10.2. The second kappa shape index (κ2) is 4.48. The molecule has 5 heteroatoms.